The number of benzene rings is 1. The third-order valence-electron chi connectivity index (χ3n) is 2.59. The van der Waals surface area contributed by atoms with Crippen LogP contribution >= 0.6 is 12.4 Å². The first-order chi connectivity index (χ1) is 9.44. The molecule has 9 heteroatoms. The van der Waals surface area contributed by atoms with Crippen molar-refractivity contribution < 1.29 is 27.4 Å². The number of hydrogen-bond acceptors (Lipinski definition) is 4. The van der Waals surface area contributed by atoms with Crippen LogP contribution in [0.2, 0.25) is 0 Å². The van der Waals surface area contributed by atoms with Crippen LogP contribution in [0.4, 0.5) is 18.9 Å². The van der Waals surface area contributed by atoms with Gasteiger partial charge in [0.1, 0.15) is 11.8 Å². The first-order valence-corrected chi connectivity index (χ1v) is 5.92. The molecule has 0 radical (unpaired) electrons. The first-order valence-electron chi connectivity index (χ1n) is 5.92. The van der Waals surface area contributed by atoms with Crippen molar-refractivity contribution in [1.29, 1.82) is 0 Å². The molecule has 2 rings (SSSR count). The smallest absolute Gasteiger partial charge is 0.406 e. The minimum Gasteiger partial charge on any atom is -0.406 e. The van der Waals surface area contributed by atoms with Crippen molar-refractivity contribution in [2.45, 2.75) is 12.4 Å². The third-order valence-corrected chi connectivity index (χ3v) is 2.59. The maximum Gasteiger partial charge on any atom is 0.573 e. The molecule has 0 saturated carbocycles. The molecule has 1 atom stereocenters. The van der Waals surface area contributed by atoms with Crippen molar-refractivity contribution in [3.05, 3.63) is 24.3 Å². The molecule has 1 amide bonds. The Labute approximate surface area is 125 Å². The van der Waals surface area contributed by atoms with Gasteiger partial charge in [0.2, 0.25) is 5.91 Å². The van der Waals surface area contributed by atoms with Gasteiger partial charge in [-0.15, -0.1) is 25.6 Å². The van der Waals surface area contributed by atoms with Gasteiger partial charge in [0, 0.05) is 12.2 Å². The highest BCUT2D eigenvalue weighted by Gasteiger charge is 2.31. The van der Waals surface area contributed by atoms with Crippen molar-refractivity contribution >= 4 is 24.0 Å². The molecular weight excluding hydrogens is 313 g/mol. The van der Waals surface area contributed by atoms with Crippen molar-refractivity contribution in [2.75, 3.05) is 25.1 Å². The number of alkyl halides is 3. The van der Waals surface area contributed by atoms with Crippen molar-refractivity contribution in [2.24, 2.45) is 0 Å². The molecule has 0 spiro atoms. The summed E-state index contributed by atoms with van der Waals surface area (Å²) in [5.74, 6) is -0.635. The summed E-state index contributed by atoms with van der Waals surface area (Å²) in [5, 5.41) is 5.55. The van der Waals surface area contributed by atoms with Gasteiger partial charge in [0.15, 0.2) is 0 Å². The van der Waals surface area contributed by atoms with Crippen LogP contribution in [0.25, 0.3) is 0 Å². The summed E-state index contributed by atoms with van der Waals surface area (Å²) < 4.78 is 44.8. The molecule has 0 bridgehead atoms. The second-order valence-electron chi connectivity index (χ2n) is 4.14. The Kier molecular flexibility index (Phi) is 6.25. The van der Waals surface area contributed by atoms with Crippen LogP contribution in [0.3, 0.4) is 0 Å². The number of morpholine rings is 1. The summed E-state index contributed by atoms with van der Waals surface area (Å²) in [4.78, 5) is 11.8. The van der Waals surface area contributed by atoms with E-state index >= 15 is 0 Å². The van der Waals surface area contributed by atoms with Crippen LogP contribution in [-0.4, -0.2) is 38.1 Å². The molecule has 1 heterocycles. The number of ether oxygens (including phenoxy) is 2. The maximum atomic E-state index is 12.0. The lowest BCUT2D eigenvalue weighted by molar-refractivity contribution is -0.274. The lowest BCUT2D eigenvalue weighted by atomic mass is 10.2. The molecule has 1 aliphatic heterocycles. The largest absolute Gasteiger partial charge is 0.573 e. The normalized spacial score (nSPS) is 18.5. The van der Waals surface area contributed by atoms with Crippen LogP contribution in [0.1, 0.15) is 0 Å². The highest BCUT2D eigenvalue weighted by Crippen LogP contribution is 2.23. The second-order valence-corrected chi connectivity index (χ2v) is 4.14. The molecule has 5 nitrogen and oxygen atoms in total. The zero-order chi connectivity index (χ0) is 14.6. The molecule has 1 aromatic carbocycles. The number of carbonyl (C=O) groups excluding carboxylic acids is 1. The van der Waals surface area contributed by atoms with Gasteiger partial charge in [-0.1, -0.05) is 0 Å². The Morgan fingerprint density at radius 3 is 2.52 bits per heavy atom. The average molecular weight is 327 g/mol. The van der Waals surface area contributed by atoms with E-state index in [1.54, 1.807) is 0 Å². The predicted molar refractivity (Wildman–Crippen MR) is 71.6 cm³/mol. The molecule has 1 fully saturated rings. The fourth-order valence-corrected chi connectivity index (χ4v) is 1.70. The number of nitrogens with one attached hydrogen (secondary N) is 2. The van der Waals surface area contributed by atoms with Gasteiger partial charge in [-0.3, -0.25) is 4.79 Å². The Morgan fingerprint density at radius 1 is 1.33 bits per heavy atom. The average Bonchev–Trinajstić information content (AvgIpc) is 2.40. The maximum absolute atomic E-state index is 12.0. The number of rotatable bonds is 3. The fraction of sp³-hybridized carbons (Fsp3) is 0.417. The Bertz CT molecular complexity index is 462. The summed E-state index contributed by atoms with van der Waals surface area (Å²) >= 11 is 0. The van der Waals surface area contributed by atoms with E-state index in [-0.39, 0.29) is 30.7 Å². The minimum atomic E-state index is -4.73. The van der Waals surface area contributed by atoms with E-state index in [0.29, 0.717) is 18.8 Å². The van der Waals surface area contributed by atoms with Crippen molar-refractivity contribution in [3.8, 4) is 5.75 Å². The predicted octanol–water partition coefficient (Wildman–Crippen LogP) is 1.93. The lowest BCUT2D eigenvalue weighted by Crippen LogP contribution is -2.48. The van der Waals surface area contributed by atoms with E-state index in [0.717, 1.165) is 12.1 Å². The van der Waals surface area contributed by atoms with Crippen molar-refractivity contribution in [3.63, 3.8) is 0 Å². The molecule has 1 aromatic rings. The third kappa shape index (κ3) is 5.78. The van der Waals surface area contributed by atoms with E-state index < -0.39 is 12.4 Å². The summed E-state index contributed by atoms with van der Waals surface area (Å²) in [6.07, 6.45) is -4.73. The van der Waals surface area contributed by atoms with E-state index in [1.807, 2.05) is 0 Å². The summed E-state index contributed by atoms with van der Waals surface area (Å²) in [7, 11) is 0. The molecule has 1 aliphatic rings. The highest BCUT2D eigenvalue weighted by molar-refractivity contribution is 5.95. The van der Waals surface area contributed by atoms with Gasteiger partial charge >= 0.3 is 6.36 Å². The Hall–Kier alpha value is -1.51. The zero-order valence-electron chi connectivity index (χ0n) is 10.8. The summed E-state index contributed by atoms with van der Waals surface area (Å²) in [6, 6.07) is 4.47. The molecule has 21 heavy (non-hydrogen) atoms. The quantitative estimate of drug-likeness (QED) is 0.891. The van der Waals surface area contributed by atoms with Crippen LogP contribution in [0.15, 0.2) is 24.3 Å². The number of amides is 1. The van der Waals surface area contributed by atoms with Crippen LogP contribution in [0.5, 0.6) is 5.75 Å². The Morgan fingerprint density at radius 2 is 2.00 bits per heavy atom. The summed E-state index contributed by atoms with van der Waals surface area (Å²) in [6.45, 7) is 1.39. The van der Waals surface area contributed by atoms with Gasteiger partial charge in [0.25, 0.3) is 0 Å². The highest BCUT2D eigenvalue weighted by atomic mass is 35.5. The number of halogens is 4. The van der Waals surface area contributed by atoms with Gasteiger partial charge in [-0.2, -0.15) is 0 Å². The van der Waals surface area contributed by atoms with Crippen LogP contribution < -0.4 is 15.4 Å². The molecular formula is C12H14ClF3N2O3. The molecule has 0 aliphatic carbocycles. The second kappa shape index (κ2) is 7.48. The van der Waals surface area contributed by atoms with Gasteiger partial charge in [0.05, 0.1) is 13.2 Å². The topological polar surface area (TPSA) is 59.6 Å². The lowest BCUT2D eigenvalue weighted by Gasteiger charge is -2.22. The first kappa shape index (κ1) is 17.5. The number of hydrogen-bond donors (Lipinski definition) is 2. The number of anilines is 1. The van der Waals surface area contributed by atoms with Crippen molar-refractivity contribution in [1.82, 2.24) is 5.32 Å². The molecule has 0 aromatic heterocycles. The van der Waals surface area contributed by atoms with E-state index in [9.17, 15) is 18.0 Å². The Balaban J connectivity index is 0.00000220. The monoisotopic (exact) mass is 326 g/mol. The fourth-order valence-electron chi connectivity index (χ4n) is 1.70. The number of carbonyl (C=O) groups is 1. The van der Waals surface area contributed by atoms with Gasteiger partial charge in [-0.05, 0) is 24.3 Å². The van der Waals surface area contributed by atoms with E-state index in [2.05, 4.69) is 15.4 Å². The van der Waals surface area contributed by atoms with Gasteiger partial charge in [-0.25, -0.2) is 0 Å². The molecule has 118 valence electrons. The standard InChI is InChI=1S/C12H13F3N2O3.ClH/c13-12(14,15)20-9-3-1-8(2-4-9)17-11(18)10-7-19-6-5-16-10;/h1-4,10,16H,5-7H2,(H,17,18);1H. The molecule has 2 N–H and O–H groups in total. The minimum absolute atomic E-state index is 0. The SMILES string of the molecule is Cl.O=C(Nc1ccc(OC(F)(F)F)cc1)C1COCCN1. The van der Waals surface area contributed by atoms with Crippen LogP contribution in [0, 0.1) is 0 Å². The molecule has 1 unspecified atom stereocenters. The summed E-state index contributed by atoms with van der Waals surface area (Å²) in [5.41, 5.74) is 0.386. The van der Waals surface area contributed by atoms with Gasteiger partial charge < -0.3 is 20.1 Å². The van der Waals surface area contributed by atoms with Crippen LogP contribution in [-0.2, 0) is 9.53 Å². The van der Waals surface area contributed by atoms with E-state index in [1.165, 1.54) is 12.1 Å². The zero-order valence-corrected chi connectivity index (χ0v) is 11.6. The molecule has 1 saturated heterocycles. The van der Waals surface area contributed by atoms with E-state index in [4.69, 9.17) is 4.74 Å².